The second-order valence-electron chi connectivity index (χ2n) is 4.29. The van der Waals surface area contributed by atoms with Crippen LogP contribution >= 0.6 is 23.2 Å². The lowest BCUT2D eigenvalue weighted by molar-refractivity contribution is 0.935. The number of anilines is 3. The standard InChI is InChI=1S/C14H16Cl2N4/c1-4-11-18-13(17-3)8(2)14(19-11)20-12-9(15)6-5-7-10(12)16/h5-7H,4H2,1-3H3,(H2,17,18,19,20). The Kier molecular flexibility index (Phi) is 4.68. The van der Waals surface area contributed by atoms with Crippen molar-refractivity contribution in [3.8, 4) is 0 Å². The van der Waals surface area contributed by atoms with E-state index in [0.717, 1.165) is 23.6 Å². The fraction of sp³-hybridized carbons (Fsp3) is 0.286. The molecule has 0 unspecified atom stereocenters. The zero-order valence-corrected chi connectivity index (χ0v) is 13.1. The van der Waals surface area contributed by atoms with Gasteiger partial charge in [0.2, 0.25) is 0 Å². The van der Waals surface area contributed by atoms with E-state index in [1.807, 2.05) is 20.9 Å². The van der Waals surface area contributed by atoms with Crippen LogP contribution in [0.2, 0.25) is 10.0 Å². The van der Waals surface area contributed by atoms with Crippen molar-refractivity contribution < 1.29 is 0 Å². The summed E-state index contributed by atoms with van der Waals surface area (Å²) in [6.45, 7) is 3.95. The molecule has 0 aliphatic rings. The van der Waals surface area contributed by atoms with Crippen molar-refractivity contribution in [2.45, 2.75) is 20.3 Å². The van der Waals surface area contributed by atoms with Crippen LogP contribution in [0.5, 0.6) is 0 Å². The van der Waals surface area contributed by atoms with Gasteiger partial charge in [0.25, 0.3) is 0 Å². The predicted octanol–water partition coefficient (Wildman–Crippen LogP) is 4.44. The Hall–Kier alpha value is -1.52. The molecule has 0 bridgehead atoms. The molecular formula is C14H16Cl2N4. The van der Waals surface area contributed by atoms with Crippen LogP contribution in [0, 0.1) is 6.92 Å². The normalized spacial score (nSPS) is 10.4. The van der Waals surface area contributed by atoms with Crippen LogP contribution in [0.25, 0.3) is 0 Å². The number of rotatable bonds is 4. The second-order valence-corrected chi connectivity index (χ2v) is 5.10. The molecule has 2 N–H and O–H groups in total. The van der Waals surface area contributed by atoms with Crippen molar-refractivity contribution in [3.63, 3.8) is 0 Å². The molecule has 1 heterocycles. The number of nitrogens with one attached hydrogen (secondary N) is 2. The Labute approximate surface area is 128 Å². The Morgan fingerprint density at radius 2 is 1.70 bits per heavy atom. The summed E-state index contributed by atoms with van der Waals surface area (Å²) in [6.07, 6.45) is 0.750. The summed E-state index contributed by atoms with van der Waals surface area (Å²) in [6, 6.07) is 5.37. The van der Waals surface area contributed by atoms with Crippen molar-refractivity contribution in [2.75, 3.05) is 17.7 Å². The molecule has 1 aromatic heterocycles. The molecule has 1 aromatic carbocycles. The molecule has 0 spiro atoms. The van der Waals surface area contributed by atoms with E-state index in [2.05, 4.69) is 20.6 Å². The Balaban J connectivity index is 2.48. The van der Waals surface area contributed by atoms with E-state index in [9.17, 15) is 0 Å². The quantitative estimate of drug-likeness (QED) is 0.876. The maximum atomic E-state index is 6.17. The number of benzene rings is 1. The molecule has 106 valence electrons. The SMILES string of the molecule is CCc1nc(NC)c(C)c(Nc2c(Cl)cccc2Cl)n1. The molecule has 2 aromatic rings. The zero-order chi connectivity index (χ0) is 14.7. The monoisotopic (exact) mass is 310 g/mol. The van der Waals surface area contributed by atoms with Crippen LogP contribution in [0.3, 0.4) is 0 Å². The molecular weight excluding hydrogens is 295 g/mol. The first-order valence-electron chi connectivity index (χ1n) is 6.33. The molecule has 0 aliphatic carbocycles. The van der Waals surface area contributed by atoms with Gasteiger partial charge in [-0.1, -0.05) is 36.2 Å². The summed E-state index contributed by atoms with van der Waals surface area (Å²) in [4.78, 5) is 8.93. The van der Waals surface area contributed by atoms with Gasteiger partial charge < -0.3 is 10.6 Å². The molecule has 20 heavy (non-hydrogen) atoms. The first kappa shape index (κ1) is 14.9. The van der Waals surface area contributed by atoms with E-state index in [-0.39, 0.29) is 0 Å². The van der Waals surface area contributed by atoms with Gasteiger partial charge in [-0.3, -0.25) is 0 Å². The summed E-state index contributed by atoms with van der Waals surface area (Å²) < 4.78 is 0. The highest BCUT2D eigenvalue weighted by molar-refractivity contribution is 6.39. The minimum Gasteiger partial charge on any atom is -0.373 e. The van der Waals surface area contributed by atoms with Gasteiger partial charge in [0, 0.05) is 19.0 Å². The maximum Gasteiger partial charge on any atom is 0.139 e. The molecule has 0 amide bonds. The van der Waals surface area contributed by atoms with Crippen LogP contribution in [0.15, 0.2) is 18.2 Å². The number of para-hydroxylation sites is 1. The predicted molar refractivity (Wildman–Crippen MR) is 85.4 cm³/mol. The molecule has 0 saturated carbocycles. The van der Waals surface area contributed by atoms with Crippen molar-refractivity contribution in [3.05, 3.63) is 39.6 Å². The molecule has 0 saturated heterocycles. The second kappa shape index (κ2) is 6.29. The molecule has 0 radical (unpaired) electrons. The average Bonchev–Trinajstić information content (AvgIpc) is 2.44. The van der Waals surface area contributed by atoms with Crippen molar-refractivity contribution in [1.82, 2.24) is 9.97 Å². The van der Waals surface area contributed by atoms with E-state index in [0.29, 0.717) is 21.6 Å². The van der Waals surface area contributed by atoms with Crippen molar-refractivity contribution in [1.29, 1.82) is 0 Å². The van der Waals surface area contributed by atoms with Gasteiger partial charge in [-0.15, -0.1) is 0 Å². The molecule has 6 heteroatoms. The zero-order valence-electron chi connectivity index (χ0n) is 11.6. The maximum absolute atomic E-state index is 6.17. The van der Waals surface area contributed by atoms with Crippen LogP contribution in [0.4, 0.5) is 17.3 Å². The van der Waals surface area contributed by atoms with Gasteiger partial charge in [-0.2, -0.15) is 0 Å². The number of hydrogen-bond acceptors (Lipinski definition) is 4. The largest absolute Gasteiger partial charge is 0.373 e. The third kappa shape index (κ3) is 2.97. The van der Waals surface area contributed by atoms with Crippen molar-refractivity contribution >= 4 is 40.5 Å². The summed E-state index contributed by atoms with van der Waals surface area (Å²) >= 11 is 12.3. The van der Waals surface area contributed by atoms with Crippen LogP contribution in [0.1, 0.15) is 18.3 Å². The first-order chi connectivity index (χ1) is 9.56. The lowest BCUT2D eigenvalue weighted by Gasteiger charge is -2.15. The molecule has 4 nitrogen and oxygen atoms in total. The number of hydrogen-bond donors (Lipinski definition) is 2. The van der Waals surface area contributed by atoms with Crippen molar-refractivity contribution in [2.24, 2.45) is 0 Å². The fourth-order valence-corrected chi connectivity index (χ4v) is 2.31. The minimum absolute atomic E-state index is 0.555. The summed E-state index contributed by atoms with van der Waals surface area (Å²) in [5, 5.41) is 7.38. The molecule has 2 rings (SSSR count). The summed E-state index contributed by atoms with van der Waals surface area (Å²) in [5.74, 6) is 2.25. The van der Waals surface area contributed by atoms with Gasteiger partial charge in [-0.05, 0) is 19.1 Å². The average molecular weight is 311 g/mol. The van der Waals surface area contributed by atoms with Gasteiger partial charge in [0.1, 0.15) is 17.5 Å². The lowest BCUT2D eigenvalue weighted by Crippen LogP contribution is -2.07. The van der Waals surface area contributed by atoms with E-state index in [1.54, 1.807) is 18.2 Å². The van der Waals surface area contributed by atoms with Crippen LogP contribution < -0.4 is 10.6 Å². The highest BCUT2D eigenvalue weighted by Gasteiger charge is 2.12. The van der Waals surface area contributed by atoms with E-state index in [4.69, 9.17) is 23.2 Å². The van der Waals surface area contributed by atoms with Gasteiger partial charge >= 0.3 is 0 Å². The van der Waals surface area contributed by atoms with Crippen LogP contribution in [-0.2, 0) is 6.42 Å². The minimum atomic E-state index is 0.555. The Morgan fingerprint density at radius 3 is 2.25 bits per heavy atom. The van der Waals surface area contributed by atoms with E-state index in [1.165, 1.54) is 0 Å². The smallest absolute Gasteiger partial charge is 0.139 e. The molecule has 0 atom stereocenters. The fourth-order valence-electron chi connectivity index (χ4n) is 1.82. The summed E-state index contributed by atoms with van der Waals surface area (Å²) in [5.41, 5.74) is 1.57. The molecule has 0 aliphatic heterocycles. The van der Waals surface area contributed by atoms with Gasteiger partial charge in [0.15, 0.2) is 0 Å². The third-order valence-corrected chi connectivity index (χ3v) is 3.58. The Bertz CT molecular complexity index is 609. The van der Waals surface area contributed by atoms with Gasteiger partial charge in [-0.25, -0.2) is 9.97 Å². The first-order valence-corrected chi connectivity index (χ1v) is 7.08. The number of halogens is 2. The lowest BCUT2D eigenvalue weighted by atomic mass is 10.2. The number of aryl methyl sites for hydroxylation is 1. The summed E-state index contributed by atoms with van der Waals surface area (Å²) in [7, 11) is 1.83. The van der Waals surface area contributed by atoms with E-state index >= 15 is 0 Å². The number of aromatic nitrogens is 2. The molecule has 0 fully saturated rings. The van der Waals surface area contributed by atoms with E-state index < -0.39 is 0 Å². The van der Waals surface area contributed by atoms with Crippen LogP contribution in [-0.4, -0.2) is 17.0 Å². The topological polar surface area (TPSA) is 49.8 Å². The highest BCUT2D eigenvalue weighted by atomic mass is 35.5. The van der Waals surface area contributed by atoms with Gasteiger partial charge in [0.05, 0.1) is 15.7 Å². The number of nitrogens with zero attached hydrogens (tertiary/aromatic N) is 2. The third-order valence-electron chi connectivity index (χ3n) is 2.95. The Morgan fingerprint density at radius 1 is 1.10 bits per heavy atom. The highest BCUT2D eigenvalue weighted by Crippen LogP contribution is 2.33.